The summed E-state index contributed by atoms with van der Waals surface area (Å²) in [5, 5.41) is 0.435. The van der Waals surface area contributed by atoms with Gasteiger partial charge in [-0.05, 0) is 30.5 Å². The number of carbonyl (C=O) groups is 1. The normalized spacial score (nSPS) is 20.4. The molecule has 0 radical (unpaired) electrons. The van der Waals surface area contributed by atoms with Crippen molar-refractivity contribution >= 4 is 16.8 Å². The van der Waals surface area contributed by atoms with Gasteiger partial charge in [-0.1, -0.05) is 12.1 Å². The van der Waals surface area contributed by atoms with Gasteiger partial charge < -0.3 is 19.2 Å². The molecule has 2 bridgehead atoms. The number of nitrogens with zero attached hydrogens (tertiary/aromatic N) is 2. The number of hydrogen-bond donors (Lipinski definition) is 1. The predicted molar refractivity (Wildman–Crippen MR) is 109 cm³/mol. The summed E-state index contributed by atoms with van der Waals surface area (Å²) in [7, 11) is 1.54. The van der Waals surface area contributed by atoms with Crippen LogP contribution in [0.4, 0.5) is 0 Å². The largest absolute Gasteiger partial charge is 0.495 e. The average Bonchev–Trinajstić information content (AvgIpc) is 2.74. The molecule has 1 aromatic carbocycles. The minimum atomic E-state index is -0.296. The molecule has 2 aliphatic rings. The molecule has 1 N–H and O–H groups in total. The molecule has 1 saturated heterocycles. The second-order valence-corrected chi connectivity index (χ2v) is 7.82. The summed E-state index contributed by atoms with van der Waals surface area (Å²) in [6.07, 6.45) is 2.44. The molecule has 2 aliphatic heterocycles. The maximum atomic E-state index is 13.2. The highest BCUT2D eigenvalue weighted by atomic mass is 16.5. The number of rotatable bonds is 2. The maximum absolute atomic E-state index is 13.2. The lowest BCUT2D eigenvalue weighted by Gasteiger charge is -2.42. The first-order chi connectivity index (χ1) is 14.1. The number of hydrogen-bond acceptors (Lipinski definition) is 4. The Labute approximate surface area is 166 Å². The molecular formula is C22H21N3O4. The summed E-state index contributed by atoms with van der Waals surface area (Å²) in [6.45, 7) is 1.67. The van der Waals surface area contributed by atoms with Crippen molar-refractivity contribution in [3.8, 4) is 5.75 Å². The van der Waals surface area contributed by atoms with Gasteiger partial charge in [-0.3, -0.25) is 14.4 Å². The average molecular weight is 391 g/mol. The van der Waals surface area contributed by atoms with Crippen LogP contribution in [0.2, 0.25) is 0 Å². The van der Waals surface area contributed by atoms with Crippen LogP contribution in [-0.2, 0) is 6.54 Å². The SMILES string of the molecule is COc1cccc2c(=O)c(C(=O)N3C[C@H]4C[C@@H](C3)c3cccc(=O)n3C4)c[nH]c12. The van der Waals surface area contributed by atoms with Gasteiger partial charge >= 0.3 is 0 Å². The Morgan fingerprint density at radius 2 is 1.93 bits per heavy atom. The molecule has 148 valence electrons. The smallest absolute Gasteiger partial charge is 0.259 e. The van der Waals surface area contributed by atoms with E-state index in [9.17, 15) is 14.4 Å². The molecule has 0 spiro atoms. The molecular weight excluding hydrogens is 370 g/mol. The zero-order valence-corrected chi connectivity index (χ0v) is 16.1. The Morgan fingerprint density at radius 1 is 1.10 bits per heavy atom. The van der Waals surface area contributed by atoms with Gasteiger partial charge in [-0.15, -0.1) is 0 Å². The number of likely N-dealkylation sites (tertiary alicyclic amines) is 1. The fourth-order valence-corrected chi connectivity index (χ4v) is 4.79. The number of ether oxygens (including phenoxy) is 1. The molecule has 0 unspecified atom stereocenters. The number of nitrogens with one attached hydrogen (secondary N) is 1. The number of carbonyl (C=O) groups excluding carboxylic acids is 1. The van der Waals surface area contributed by atoms with Crippen molar-refractivity contribution in [1.82, 2.24) is 14.5 Å². The standard InChI is InChI=1S/C22H21N3O4/c1-29-18-6-2-4-15-20(18)23-9-16(21(15)27)22(28)24-10-13-8-14(12-24)17-5-3-7-19(26)25(17)11-13/h2-7,9,13-14H,8,10-12H2,1H3,(H,23,27)/t13-,14+/m1/s1. The van der Waals surface area contributed by atoms with Crippen molar-refractivity contribution in [2.45, 2.75) is 18.9 Å². The number of H-pyrrole nitrogens is 1. The van der Waals surface area contributed by atoms with Gasteiger partial charge in [0, 0.05) is 43.5 Å². The molecule has 4 heterocycles. The van der Waals surface area contributed by atoms with Gasteiger partial charge in [0.15, 0.2) is 0 Å². The molecule has 2 atom stereocenters. The van der Waals surface area contributed by atoms with Crippen LogP contribution < -0.4 is 15.7 Å². The Morgan fingerprint density at radius 3 is 2.76 bits per heavy atom. The summed E-state index contributed by atoms with van der Waals surface area (Å²) in [5.41, 5.74) is 1.41. The number of benzene rings is 1. The first kappa shape index (κ1) is 17.7. The summed E-state index contributed by atoms with van der Waals surface area (Å²) in [4.78, 5) is 43.2. The Bertz CT molecular complexity index is 1240. The molecule has 7 nitrogen and oxygen atoms in total. The summed E-state index contributed by atoms with van der Waals surface area (Å²) in [5.74, 6) is 0.621. The molecule has 0 aliphatic carbocycles. The zero-order chi connectivity index (χ0) is 20.1. The van der Waals surface area contributed by atoms with Crippen LogP contribution in [0, 0.1) is 5.92 Å². The number of pyridine rings is 2. The van der Waals surface area contributed by atoms with E-state index in [-0.39, 0.29) is 34.3 Å². The fourth-order valence-electron chi connectivity index (χ4n) is 4.79. The van der Waals surface area contributed by atoms with Crippen molar-refractivity contribution in [1.29, 1.82) is 0 Å². The van der Waals surface area contributed by atoms with Crippen LogP contribution >= 0.6 is 0 Å². The third-order valence-electron chi connectivity index (χ3n) is 6.09. The number of fused-ring (bicyclic) bond motifs is 5. The second kappa shape index (κ2) is 6.62. The number of piperidine rings is 1. The highest BCUT2D eigenvalue weighted by molar-refractivity contribution is 5.98. The monoisotopic (exact) mass is 391 g/mol. The second-order valence-electron chi connectivity index (χ2n) is 7.82. The van der Waals surface area contributed by atoms with Gasteiger partial charge in [-0.2, -0.15) is 0 Å². The number of methoxy groups -OCH3 is 1. The van der Waals surface area contributed by atoms with Crippen molar-refractivity contribution in [3.05, 3.63) is 74.4 Å². The number of aromatic nitrogens is 2. The molecule has 7 heteroatoms. The van der Waals surface area contributed by atoms with Gasteiger partial charge in [0.2, 0.25) is 5.43 Å². The highest BCUT2D eigenvalue weighted by Crippen LogP contribution is 2.35. The van der Waals surface area contributed by atoms with E-state index in [1.807, 2.05) is 10.6 Å². The maximum Gasteiger partial charge on any atom is 0.259 e. The van der Waals surface area contributed by atoms with E-state index >= 15 is 0 Å². The minimum absolute atomic E-state index is 0.0110. The van der Waals surface area contributed by atoms with Gasteiger partial charge in [0.25, 0.3) is 11.5 Å². The van der Waals surface area contributed by atoms with E-state index in [0.717, 1.165) is 12.1 Å². The molecule has 2 aromatic heterocycles. The number of para-hydroxylation sites is 1. The highest BCUT2D eigenvalue weighted by Gasteiger charge is 2.37. The van der Waals surface area contributed by atoms with Crippen molar-refractivity contribution < 1.29 is 9.53 Å². The summed E-state index contributed by atoms with van der Waals surface area (Å²) >= 11 is 0. The van der Waals surface area contributed by atoms with Gasteiger partial charge in [0.05, 0.1) is 18.0 Å². The van der Waals surface area contributed by atoms with Crippen LogP contribution in [0.1, 0.15) is 28.4 Å². The Balaban J connectivity index is 1.50. The third-order valence-corrected chi connectivity index (χ3v) is 6.09. The van der Waals surface area contributed by atoms with Crippen LogP contribution in [0.5, 0.6) is 5.75 Å². The van der Waals surface area contributed by atoms with Crippen molar-refractivity contribution in [2.24, 2.45) is 5.92 Å². The topological polar surface area (TPSA) is 84.4 Å². The zero-order valence-electron chi connectivity index (χ0n) is 16.1. The first-order valence-corrected chi connectivity index (χ1v) is 9.74. The van der Waals surface area contributed by atoms with Gasteiger partial charge in [0.1, 0.15) is 11.3 Å². The Hall–Kier alpha value is -3.35. The molecule has 29 heavy (non-hydrogen) atoms. The van der Waals surface area contributed by atoms with E-state index in [1.165, 1.54) is 6.20 Å². The van der Waals surface area contributed by atoms with E-state index in [2.05, 4.69) is 4.98 Å². The molecule has 1 fully saturated rings. The quantitative estimate of drug-likeness (QED) is 0.724. The molecule has 1 amide bonds. The van der Waals surface area contributed by atoms with E-state index < -0.39 is 0 Å². The summed E-state index contributed by atoms with van der Waals surface area (Å²) < 4.78 is 7.13. The predicted octanol–water partition coefficient (Wildman–Crippen LogP) is 1.96. The van der Waals surface area contributed by atoms with Crippen LogP contribution in [0.25, 0.3) is 10.9 Å². The van der Waals surface area contributed by atoms with Crippen molar-refractivity contribution in [2.75, 3.05) is 20.2 Å². The lowest BCUT2D eigenvalue weighted by atomic mass is 9.83. The third kappa shape index (κ3) is 2.76. The van der Waals surface area contributed by atoms with Crippen molar-refractivity contribution in [3.63, 3.8) is 0 Å². The molecule has 5 rings (SSSR count). The van der Waals surface area contributed by atoms with Crippen LogP contribution in [0.15, 0.2) is 52.2 Å². The fraction of sp³-hybridized carbons (Fsp3) is 0.318. The van der Waals surface area contributed by atoms with Crippen LogP contribution in [-0.4, -0.2) is 40.6 Å². The number of amides is 1. The van der Waals surface area contributed by atoms with E-state index in [4.69, 9.17) is 4.74 Å². The number of aromatic amines is 1. The van der Waals surface area contributed by atoms with E-state index in [1.54, 1.807) is 42.3 Å². The van der Waals surface area contributed by atoms with E-state index in [0.29, 0.717) is 36.3 Å². The lowest BCUT2D eigenvalue weighted by Crippen LogP contribution is -2.49. The summed E-state index contributed by atoms with van der Waals surface area (Å²) in [6, 6.07) is 10.5. The molecule has 3 aromatic rings. The molecule has 0 saturated carbocycles. The van der Waals surface area contributed by atoms with Gasteiger partial charge in [-0.25, -0.2) is 0 Å². The first-order valence-electron chi connectivity index (χ1n) is 9.74. The lowest BCUT2D eigenvalue weighted by molar-refractivity contribution is 0.0593. The Kier molecular flexibility index (Phi) is 4.04. The van der Waals surface area contributed by atoms with Crippen LogP contribution in [0.3, 0.4) is 0 Å². The minimum Gasteiger partial charge on any atom is -0.495 e.